The molecule has 0 saturated carbocycles. The van der Waals surface area contributed by atoms with Crippen molar-refractivity contribution in [3.63, 3.8) is 0 Å². The zero-order valence-corrected chi connectivity index (χ0v) is 9.93. The van der Waals surface area contributed by atoms with Crippen LogP contribution in [0.1, 0.15) is 18.4 Å². The van der Waals surface area contributed by atoms with Crippen LogP contribution in [0.25, 0.3) is 0 Å². The molecule has 17 heavy (non-hydrogen) atoms. The number of hydrogen-bond donors (Lipinski definition) is 1. The molecule has 0 aliphatic carbocycles. The van der Waals surface area contributed by atoms with Gasteiger partial charge in [-0.3, -0.25) is 0 Å². The van der Waals surface area contributed by atoms with Gasteiger partial charge in [0.2, 0.25) is 0 Å². The highest BCUT2D eigenvalue weighted by Crippen LogP contribution is 2.18. The van der Waals surface area contributed by atoms with E-state index in [1.165, 1.54) is 5.56 Å². The standard InChI is InChI=1S/C13H19NO3/c14-16-9-7-11-3-5-12(6-4-11)17-13-2-1-8-15-10-13/h3-6,13H,1-2,7-10,14H2. The maximum atomic E-state index is 5.83. The van der Waals surface area contributed by atoms with Gasteiger partial charge in [0.15, 0.2) is 0 Å². The van der Waals surface area contributed by atoms with Crippen LogP contribution in [0.4, 0.5) is 0 Å². The van der Waals surface area contributed by atoms with Gasteiger partial charge in [0.1, 0.15) is 11.9 Å². The maximum Gasteiger partial charge on any atom is 0.122 e. The first kappa shape index (κ1) is 12.4. The minimum absolute atomic E-state index is 0.196. The zero-order valence-electron chi connectivity index (χ0n) is 9.93. The van der Waals surface area contributed by atoms with Crippen molar-refractivity contribution < 1.29 is 14.3 Å². The van der Waals surface area contributed by atoms with Gasteiger partial charge >= 0.3 is 0 Å². The SMILES string of the molecule is NOCCc1ccc(OC2CCCOC2)cc1. The van der Waals surface area contributed by atoms with Gasteiger partial charge in [0.25, 0.3) is 0 Å². The van der Waals surface area contributed by atoms with Crippen LogP contribution in [0, 0.1) is 0 Å². The Balaban J connectivity index is 1.84. The third-order valence-electron chi connectivity index (χ3n) is 2.85. The van der Waals surface area contributed by atoms with Crippen molar-refractivity contribution in [1.82, 2.24) is 0 Å². The van der Waals surface area contributed by atoms with Crippen molar-refractivity contribution in [2.75, 3.05) is 19.8 Å². The Bertz CT molecular complexity index is 320. The molecule has 1 aromatic carbocycles. The first-order valence-corrected chi connectivity index (χ1v) is 6.03. The van der Waals surface area contributed by atoms with Gasteiger partial charge in [-0.05, 0) is 37.0 Å². The van der Waals surface area contributed by atoms with Gasteiger partial charge < -0.3 is 14.3 Å². The lowest BCUT2D eigenvalue weighted by atomic mass is 10.1. The Morgan fingerprint density at radius 1 is 1.29 bits per heavy atom. The molecule has 1 heterocycles. The quantitative estimate of drug-likeness (QED) is 0.792. The van der Waals surface area contributed by atoms with Crippen LogP contribution in [0.2, 0.25) is 0 Å². The molecule has 4 nitrogen and oxygen atoms in total. The molecule has 0 aromatic heterocycles. The highest BCUT2D eigenvalue weighted by Gasteiger charge is 2.14. The fourth-order valence-electron chi connectivity index (χ4n) is 1.91. The molecule has 1 unspecified atom stereocenters. The summed E-state index contributed by atoms with van der Waals surface area (Å²) in [5, 5.41) is 0. The summed E-state index contributed by atoms with van der Waals surface area (Å²) in [4.78, 5) is 4.55. The molecular weight excluding hydrogens is 218 g/mol. The minimum atomic E-state index is 0.196. The van der Waals surface area contributed by atoms with Crippen molar-refractivity contribution in [3.05, 3.63) is 29.8 Å². The van der Waals surface area contributed by atoms with E-state index in [2.05, 4.69) is 4.84 Å². The number of hydrogen-bond acceptors (Lipinski definition) is 4. The lowest BCUT2D eigenvalue weighted by molar-refractivity contribution is 0.00742. The van der Waals surface area contributed by atoms with Crippen LogP contribution in [0.15, 0.2) is 24.3 Å². The van der Waals surface area contributed by atoms with E-state index < -0.39 is 0 Å². The number of benzene rings is 1. The van der Waals surface area contributed by atoms with E-state index in [0.29, 0.717) is 13.2 Å². The van der Waals surface area contributed by atoms with Crippen LogP contribution in [-0.2, 0) is 16.0 Å². The average molecular weight is 237 g/mol. The fraction of sp³-hybridized carbons (Fsp3) is 0.538. The maximum absolute atomic E-state index is 5.83. The van der Waals surface area contributed by atoms with E-state index in [0.717, 1.165) is 31.6 Å². The normalized spacial score (nSPS) is 20.2. The molecular formula is C13H19NO3. The molecule has 2 rings (SSSR count). The Morgan fingerprint density at radius 3 is 2.76 bits per heavy atom. The summed E-state index contributed by atoms with van der Waals surface area (Å²) in [5.41, 5.74) is 1.20. The van der Waals surface area contributed by atoms with Crippen molar-refractivity contribution in [1.29, 1.82) is 0 Å². The van der Waals surface area contributed by atoms with Crippen LogP contribution in [0.3, 0.4) is 0 Å². The Kier molecular flexibility index (Phi) is 4.79. The van der Waals surface area contributed by atoms with Gasteiger partial charge in [-0.25, -0.2) is 5.90 Å². The zero-order chi connectivity index (χ0) is 11.9. The summed E-state index contributed by atoms with van der Waals surface area (Å²) in [6.45, 7) is 2.09. The highest BCUT2D eigenvalue weighted by molar-refractivity contribution is 5.27. The Morgan fingerprint density at radius 2 is 2.12 bits per heavy atom. The third-order valence-corrected chi connectivity index (χ3v) is 2.85. The molecule has 94 valence electrons. The smallest absolute Gasteiger partial charge is 0.122 e. The predicted molar refractivity (Wildman–Crippen MR) is 64.8 cm³/mol. The van der Waals surface area contributed by atoms with Gasteiger partial charge in [0, 0.05) is 6.61 Å². The third kappa shape index (κ3) is 4.00. The second kappa shape index (κ2) is 6.59. The molecule has 1 aliphatic heterocycles. The van der Waals surface area contributed by atoms with Gasteiger partial charge in [-0.1, -0.05) is 12.1 Å². The first-order chi connectivity index (χ1) is 8.38. The second-order valence-corrected chi connectivity index (χ2v) is 4.22. The minimum Gasteiger partial charge on any atom is -0.488 e. The lowest BCUT2D eigenvalue weighted by Gasteiger charge is -2.23. The Labute approximate surface area is 102 Å². The van der Waals surface area contributed by atoms with E-state index in [9.17, 15) is 0 Å². The fourth-order valence-corrected chi connectivity index (χ4v) is 1.91. The lowest BCUT2D eigenvalue weighted by Crippen LogP contribution is -2.27. The van der Waals surface area contributed by atoms with E-state index in [-0.39, 0.29) is 6.10 Å². The largest absolute Gasteiger partial charge is 0.488 e. The predicted octanol–water partition coefficient (Wildman–Crippen LogP) is 1.68. The van der Waals surface area contributed by atoms with E-state index in [4.69, 9.17) is 15.4 Å². The number of ether oxygens (including phenoxy) is 2. The van der Waals surface area contributed by atoms with E-state index >= 15 is 0 Å². The van der Waals surface area contributed by atoms with Crippen molar-refractivity contribution in [2.24, 2.45) is 5.90 Å². The van der Waals surface area contributed by atoms with Crippen molar-refractivity contribution in [2.45, 2.75) is 25.4 Å². The molecule has 2 N–H and O–H groups in total. The molecule has 1 aromatic rings. The molecule has 1 saturated heterocycles. The summed E-state index contributed by atoms with van der Waals surface area (Å²) in [7, 11) is 0. The molecule has 0 amide bonds. The van der Waals surface area contributed by atoms with Crippen LogP contribution in [0.5, 0.6) is 5.75 Å². The van der Waals surface area contributed by atoms with Crippen LogP contribution in [-0.4, -0.2) is 25.9 Å². The highest BCUT2D eigenvalue weighted by atomic mass is 16.6. The molecule has 0 radical (unpaired) electrons. The van der Waals surface area contributed by atoms with Gasteiger partial charge in [-0.2, -0.15) is 0 Å². The molecule has 1 atom stereocenters. The van der Waals surface area contributed by atoms with E-state index in [1.54, 1.807) is 0 Å². The number of nitrogens with two attached hydrogens (primary N) is 1. The monoisotopic (exact) mass is 237 g/mol. The summed E-state index contributed by atoms with van der Waals surface area (Å²) >= 11 is 0. The summed E-state index contributed by atoms with van der Waals surface area (Å²) in [6, 6.07) is 8.05. The first-order valence-electron chi connectivity index (χ1n) is 6.03. The van der Waals surface area contributed by atoms with Crippen molar-refractivity contribution >= 4 is 0 Å². The van der Waals surface area contributed by atoms with Gasteiger partial charge in [0.05, 0.1) is 13.2 Å². The molecule has 1 aliphatic rings. The topological polar surface area (TPSA) is 53.7 Å². The summed E-state index contributed by atoms with van der Waals surface area (Å²) in [6.07, 6.45) is 3.17. The van der Waals surface area contributed by atoms with Crippen LogP contribution >= 0.6 is 0 Å². The Hall–Kier alpha value is -1.10. The molecule has 4 heteroatoms. The molecule has 0 bridgehead atoms. The second-order valence-electron chi connectivity index (χ2n) is 4.22. The van der Waals surface area contributed by atoms with E-state index in [1.807, 2.05) is 24.3 Å². The molecule has 0 spiro atoms. The van der Waals surface area contributed by atoms with Crippen LogP contribution < -0.4 is 10.6 Å². The number of rotatable bonds is 5. The molecule has 1 fully saturated rings. The summed E-state index contributed by atoms with van der Waals surface area (Å²) < 4.78 is 11.2. The van der Waals surface area contributed by atoms with Crippen molar-refractivity contribution in [3.8, 4) is 5.75 Å². The average Bonchev–Trinajstić information content (AvgIpc) is 2.39. The van der Waals surface area contributed by atoms with Gasteiger partial charge in [-0.15, -0.1) is 0 Å². The summed E-state index contributed by atoms with van der Waals surface area (Å²) in [5.74, 6) is 5.89.